The highest BCUT2D eigenvalue weighted by Crippen LogP contribution is 2.38. The highest BCUT2D eigenvalue weighted by molar-refractivity contribution is 4.93. The summed E-state index contributed by atoms with van der Waals surface area (Å²) in [4.78, 5) is 2.58. The van der Waals surface area contributed by atoms with Gasteiger partial charge in [0.05, 0.1) is 12.7 Å². The summed E-state index contributed by atoms with van der Waals surface area (Å²) in [6, 6.07) is 0.884. The van der Waals surface area contributed by atoms with Gasteiger partial charge < -0.3 is 10.5 Å². The van der Waals surface area contributed by atoms with Crippen molar-refractivity contribution in [2.45, 2.75) is 65.1 Å². The maximum Gasteiger partial charge on any atom is 0.0674 e. The molecule has 1 aliphatic carbocycles. The lowest BCUT2D eigenvalue weighted by molar-refractivity contribution is -0.0598. The van der Waals surface area contributed by atoms with Crippen LogP contribution in [0.1, 0.15) is 47.0 Å². The zero-order chi connectivity index (χ0) is 13.3. The standard InChI is InChI=1S/C15H30N2O/c1-11-10-18-12(2)8-17(11)9-13-6-5-7-15(3,4)14(13)16/h11-14H,5-10,16H2,1-4H3. The van der Waals surface area contributed by atoms with E-state index in [1.54, 1.807) is 0 Å². The van der Waals surface area contributed by atoms with E-state index in [0.717, 1.165) is 19.7 Å². The molecule has 2 aliphatic rings. The van der Waals surface area contributed by atoms with Crippen LogP contribution in [0.4, 0.5) is 0 Å². The molecule has 3 heteroatoms. The molecule has 1 saturated carbocycles. The van der Waals surface area contributed by atoms with Gasteiger partial charge in [0.25, 0.3) is 0 Å². The fraction of sp³-hybridized carbons (Fsp3) is 1.00. The number of nitrogens with zero attached hydrogens (tertiary/aromatic N) is 1. The van der Waals surface area contributed by atoms with Gasteiger partial charge in [-0.15, -0.1) is 0 Å². The third kappa shape index (κ3) is 3.06. The van der Waals surface area contributed by atoms with E-state index in [2.05, 4.69) is 32.6 Å². The molecule has 1 aliphatic heterocycles. The van der Waals surface area contributed by atoms with Crippen LogP contribution in [0.2, 0.25) is 0 Å². The van der Waals surface area contributed by atoms with Gasteiger partial charge in [-0.05, 0) is 38.0 Å². The first-order valence-corrected chi connectivity index (χ1v) is 7.51. The predicted molar refractivity (Wildman–Crippen MR) is 75.5 cm³/mol. The van der Waals surface area contributed by atoms with E-state index < -0.39 is 0 Å². The zero-order valence-electron chi connectivity index (χ0n) is 12.5. The van der Waals surface area contributed by atoms with Crippen LogP contribution in [-0.4, -0.2) is 42.8 Å². The lowest BCUT2D eigenvalue weighted by atomic mass is 9.68. The van der Waals surface area contributed by atoms with Gasteiger partial charge in [-0.3, -0.25) is 4.90 Å². The number of nitrogens with two attached hydrogens (primary N) is 1. The van der Waals surface area contributed by atoms with Crippen molar-refractivity contribution in [3.05, 3.63) is 0 Å². The second-order valence-electron chi connectivity index (χ2n) is 7.11. The van der Waals surface area contributed by atoms with Crippen LogP contribution in [0.25, 0.3) is 0 Å². The van der Waals surface area contributed by atoms with Gasteiger partial charge >= 0.3 is 0 Å². The van der Waals surface area contributed by atoms with Crippen molar-refractivity contribution < 1.29 is 4.74 Å². The quantitative estimate of drug-likeness (QED) is 0.821. The van der Waals surface area contributed by atoms with Crippen LogP contribution >= 0.6 is 0 Å². The Hall–Kier alpha value is -0.120. The predicted octanol–water partition coefficient (Wildman–Crippen LogP) is 2.25. The Bertz CT molecular complexity index is 280. The fourth-order valence-corrected chi connectivity index (χ4v) is 3.54. The van der Waals surface area contributed by atoms with Gasteiger partial charge in [0.15, 0.2) is 0 Å². The largest absolute Gasteiger partial charge is 0.376 e. The molecule has 18 heavy (non-hydrogen) atoms. The molecule has 4 unspecified atom stereocenters. The van der Waals surface area contributed by atoms with Gasteiger partial charge in [0.1, 0.15) is 0 Å². The van der Waals surface area contributed by atoms with Crippen molar-refractivity contribution in [3.8, 4) is 0 Å². The Morgan fingerprint density at radius 2 is 2.06 bits per heavy atom. The van der Waals surface area contributed by atoms with Crippen LogP contribution in [0.15, 0.2) is 0 Å². The highest BCUT2D eigenvalue weighted by Gasteiger charge is 2.38. The Labute approximate surface area is 112 Å². The summed E-state index contributed by atoms with van der Waals surface area (Å²) < 4.78 is 5.70. The summed E-state index contributed by atoms with van der Waals surface area (Å²) in [6.07, 6.45) is 4.27. The Morgan fingerprint density at radius 1 is 1.33 bits per heavy atom. The molecule has 0 spiro atoms. The average Bonchev–Trinajstić information content (AvgIpc) is 2.30. The topological polar surface area (TPSA) is 38.5 Å². The number of morpholine rings is 1. The second-order valence-corrected chi connectivity index (χ2v) is 7.11. The molecular weight excluding hydrogens is 224 g/mol. The molecular formula is C15H30N2O. The Balaban J connectivity index is 1.95. The van der Waals surface area contributed by atoms with Crippen molar-refractivity contribution in [3.63, 3.8) is 0 Å². The minimum absolute atomic E-state index is 0.310. The molecule has 1 saturated heterocycles. The van der Waals surface area contributed by atoms with Crippen LogP contribution in [-0.2, 0) is 4.74 Å². The normalized spacial score (nSPS) is 41.8. The molecule has 0 amide bonds. The molecule has 2 N–H and O–H groups in total. The van der Waals surface area contributed by atoms with E-state index in [4.69, 9.17) is 10.5 Å². The van der Waals surface area contributed by atoms with Crippen LogP contribution in [0, 0.1) is 11.3 Å². The monoisotopic (exact) mass is 254 g/mol. The first-order chi connectivity index (χ1) is 8.40. The number of hydrogen-bond acceptors (Lipinski definition) is 3. The van der Waals surface area contributed by atoms with E-state index in [0.29, 0.717) is 29.5 Å². The SMILES string of the molecule is CC1CN(CC2CCCC(C)(C)C2N)C(C)CO1. The molecule has 0 radical (unpaired) electrons. The lowest BCUT2D eigenvalue weighted by Gasteiger charge is -2.46. The molecule has 2 rings (SSSR count). The first-order valence-electron chi connectivity index (χ1n) is 7.51. The maximum atomic E-state index is 6.50. The van der Waals surface area contributed by atoms with Crippen molar-refractivity contribution in [1.29, 1.82) is 0 Å². The second kappa shape index (κ2) is 5.48. The summed E-state index contributed by atoms with van der Waals surface area (Å²) in [6.45, 7) is 12.2. The highest BCUT2D eigenvalue weighted by atomic mass is 16.5. The average molecular weight is 254 g/mol. The van der Waals surface area contributed by atoms with Gasteiger partial charge in [-0.2, -0.15) is 0 Å². The Morgan fingerprint density at radius 3 is 2.78 bits per heavy atom. The molecule has 106 valence electrons. The molecule has 3 nitrogen and oxygen atoms in total. The summed E-state index contributed by atoms with van der Waals surface area (Å²) in [5.74, 6) is 0.654. The number of rotatable bonds is 2. The van der Waals surface area contributed by atoms with Crippen LogP contribution < -0.4 is 5.73 Å². The van der Waals surface area contributed by atoms with Crippen LogP contribution in [0.5, 0.6) is 0 Å². The lowest BCUT2D eigenvalue weighted by Crippen LogP contribution is -2.54. The van der Waals surface area contributed by atoms with Crippen molar-refractivity contribution in [2.24, 2.45) is 17.1 Å². The molecule has 0 aromatic heterocycles. The molecule has 1 heterocycles. The van der Waals surface area contributed by atoms with Gasteiger partial charge in [0, 0.05) is 25.2 Å². The third-order valence-electron chi connectivity index (χ3n) is 5.01. The number of ether oxygens (including phenoxy) is 1. The minimum atomic E-state index is 0.310. The number of hydrogen-bond donors (Lipinski definition) is 1. The van der Waals surface area contributed by atoms with E-state index in [-0.39, 0.29) is 0 Å². The summed E-state index contributed by atoms with van der Waals surface area (Å²) >= 11 is 0. The molecule has 0 bridgehead atoms. The van der Waals surface area contributed by atoms with Crippen molar-refractivity contribution in [1.82, 2.24) is 4.90 Å². The van der Waals surface area contributed by atoms with Gasteiger partial charge in [-0.1, -0.05) is 20.3 Å². The third-order valence-corrected chi connectivity index (χ3v) is 5.01. The molecule has 0 aromatic carbocycles. The summed E-state index contributed by atoms with van der Waals surface area (Å²) in [7, 11) is 0. The smallest absolute Gasteiger partial charge is 0.0674 e. The van der Waals surface area contributed by atoms with E-state index in [1.165, 1.54) is 19.3 Å². The zero-order valence-corrected chi connectivity index (χ0v) is 12.5. The van der Waals surface area contributed by atoms with Crippen molar-refractivity contribution in [2.75, 3.05) is 19.7 Å². The van der Waals surface area contributed by atoms with E-state index >= 15 is 0 Å². The van der Waals surface area contributed by atoms with Gasteiger partial charge in [-0.25, -0.2) is 0 Å². The fourth-order valence-electron chi connectivity index (χ4n) is 3.54. The Kier molecular flexibility index (Phi) is 4.35. The summed E-state index contributed by atoms with van der Waals surface area (Å²) in [5, 5.41) is 0. The maximum absolute atomic E-state index is 6.50. The van der Waals surface area contributed by atoms with Gasteiger partial charge in [0.2, 0.25) is 0 Å². The van der Waals surface area contributed by atoms with Crippen LogP contribution in [0.3, 0.4) is 0 Å². The van der Waals surface area contributed by atoms with E-state index in [9.17, 15) is 0 Å². The summed E-state index contributed by atoms with van der Waals surface area (Å²) in [5.41, 5.74) is 6.81. The molecule has 0 aromatic rings. The minimum Gasteiger partial charge on any atom is -0.376 e. The first kappa shape index (κ1) is 14.3. The molecule has 2 fully saturated rings. The van der Waals surface area contributed by atoms with E-state index in [1.807, 2.05) is 0 Å². The van der Waals surface area contributed by atoms with Crippen molar-refractivity contribution >= 4 is 0 Å². The molecule has 4 atom stereocenters.